The van der Waals surface area contributed by atoms with Crippen molar-refractivity contribution in [1.29, 1.82) is 5.41 Å². The van der Waals surface area contributed by atoms with Crippen LogP contribution in [-0.4, -0.2) is 10.5 Å². The molecule has 0 radical (unpaired) electrons. The van der Waals surface area contributed by atoms with Crippen LogP contribution in [0.25, 0.3) is 0 Å². The highest BCUT2D eigenvalue weighted by Crippen LogP contribution is 2.40. The lowest BCUT2D eigenvalue weighted by atomic mass is 9.85. The van der Waals surface area contributed by atoms with Crippen LogP contribution in [0.2, 0.25) is 0 Å². The van der Waals surface area contributed by atoms with Crippen LogP contribution in [-0.2, 0) is 0 Å². The second-order valence-corrected chi connectivity index (χ2v) is 6.69. The smallest absolute Gasteiger partial charge is 0.190 e. The summed E-state index contributed by atoms with van der Waals surface area (Å²) in [6.45, 7) is 0. The quantitative estimate of drug-likeness (QED) is 0.572. The Morgan fingerprint density at radius 2 is 1.67 bits per heavy atom. The first kappa shape index (κ1) is 14.5. The molecule has 0 saturated heterocycles. The molecular formula is C17H28N4. The maximum atomic E-state index is 7.55. The monoisotopic (exact) mass is 288 g/mol. The molecule has 2 saturated carbocycles. The minimum absolute atomic E-state index is 0.0495. The molecule has 0 aromatic carbocycles. The zero-order valence-corrected chi connectivity index (χ0v) is 12.9. The van der Waals surface area contributed by atoms with Gasteiger partial charge >= 0.3 is 0 Å². The van der Waals surface area contributed by atoms with Gasteiger partial charge in [0.05, 0.1) is 5.69 Å². The molecule has 0 unspecified atom stereocenters. The second-order valence-electron chi connectivity index (χ2n) is 6.69. The number of nitrogens with one attached hydrogen (secondary N) is 2. The fraction of sp³-hybridized carbons (Fsp3) is 0.706. The highest BCUT2D eigenvalue weighted by Gasteiger charge is 2.26. The average molecular weight is 288 g/mol. The van der Waals surface area contributed by atoms with Crippen molar-refractivity contribution in [1.82, 2.24) is 4.57 Å². The SMILES string of the molecule is N=C(N)Nc1ccn(C2CCCCC2)c1C1CCCCC1. The summed E-state index contributed by atoms with van der Waals surface area (Å²) in [5, 5.41) is 10.6. The van der Waals surface area contributed by atoms with E-state index in [1.807, 2.05) is 0 Å². The van der Waals surface area contributed by atoms with E-state index in [0.29, 0.717) is 12.0 Å². The molecule has 0 bridgehead atoms. The molecule has 0 amide bonds. The van der Waals surface area contributed by atoms with Crippen LogP contribution < -0.4 is 11.1 Å². The number of anilines is 1. The summed E-state index contributed by atoms with van der Waals surface area (Å²) in [6.07, 6.45) is 15.5. The minimum Gasteiger partial charge on any atom is -0.370 e. The maximum Gasteiger partial charge on any atom is 0.190 e. The van der Waals surface area contributed by atoms with Gasteiger partial charge in [0.15, 0.2) is 5.96 Å². The topological polar surface area (TPSA) is 66.8 Å². The Kier molecular flexibility index (Phi) is 4.51. The van der Waals surface area contributed by atoms with E-state index in [1.165, 1.54) is 69.9 Å². The number of hydrogen-bond donors (Lipinski definition) is 3. The molecule has 21 heavy (non-hydrogen) atoms. The van der Waals surface area contributed by atoms with Crippen LogP contribution in [0.3, 0.4) is 0 Å². The van der Waals surface area contributed by atoms with Gasteiger partial charge in [0.2, 0.25) is 0 Å². The van der Waals surface area contributed by atoms with Crippen molar-refractivity contribution >= 4 is 11.6 Å². The van der Waals surface area contributed by atoms with E-state index in [2.05, 4.69) is 22.1 Å². The van der Waals surface area contributed by atoms with Crippen LogP contribution in [0.4, 0.5) is 5.69 Å². The van der Waals surface area contributed by atoms with Crippen molar-refractivity contribution in [3.05, 3.63) is 18.0 Å². The van der Waals surface area contributed by atoms with E-state index in [4.69, 9.17) is 11.1 Å². The summed E-state index contributed by atoms with van der Waals surface area (Å²) in [5.74, 6) is 0.686. The molecule has 0 spiro atoms. The zero-order chi connectivity index (χ0) is 14.7. The van der Waals surface area contributed by atoms with E-state index in [0.717, 1.165) is 5.69 Å². The summed E-state index contributed by atoms with van der Waals surface area (Å²) in [7, 11) is 0. The van der Waals surface area contributed by atoms with Crippen molar-refractivity contribution < 1.29 is 0 Å². The predicted octanol–water partition coefficient (Wildman–Crippen LogP) is 4.35. The van der Waals surface area contributed by atoms with Gasteiger partial charge < -0.3 is 15.6 Å². The molecule has 1 aromatic heterocycles. The fourth-order valence-electron chi connectivity index (χ4n) is 4.19. The van der Waals surface area contributed by atoms with E-state index >= 15 is 0 Å². The average Bonchev–Trinajstić information content (AvgIpc) is 2.92. The second kappa shape index (κ2) is 6.54. The van der Waals surface area contributed by atoms with Crippen molar-refractivity contribution in [2.24, 2.45) is 5.73 Å². The van der Waals surface area contributed by atoms with Crippen LogP contribution in [0.5, 0.6) is 0 Å². The van der Waals surface area contributed by atoms with Gasteiger partial charge in [-0.1, -0.05) is 38.5 Å². The van der Waals surface area contributed by atoms with Crippen molar-refractivity contribution in [2.45, 2.75) is 76.2 Å². The number of rotatable bonds is 3. The van der Waals surface area contributed by atoms with Gasteiger partial charge in [0.25, 0.3) is 0 Å². The zero-order valence-electron chi connectivity index (χ0n) is 12.9. The van der Waals surface area contributed by atoms with Gasteiger partial charge in [-0.3, -0.25) is 5.41 Å². The molecule has 2 fully saturated rings. The van der Waals surface area contributed by atoms with Crippen molar-refractivity contribution in [3.63, 3.8) is 0 Å². The fourth-order valence-corrected chi connectivity index (χ4v) is 4.19. The van der Waals surface area contributed by atoms with E-state index in [-0.39, 0.29) is 5.96 Å². The third kappa shape index (κ3) is 3.25. The molecule has 0 atom stereocenters. The molecule has 4 nitrogen and oxygen atoms in total. The maximum absolute atomic E-state index is 7.55. The lowest BCUT2D eigenvalue weighted by Crippen LogP contribution is -2.23. The Labute approximate surface area is 127 Å². The van der Waals surface area contributed by atoms with Gasteiger partial charge in [0, 0.05) is 23.9 Å². The Morgan fingerprint density at radius 1 is 1.05 bits per heavy atom. The third-order valence-electron chi connectivity index (χ3n) is 5.19. The number of nitrogens with zero attached hydrogens (tertiary/aromatic N) is 1. The Morgan fingerprint density at radius 3 is 2.29 bits per heavy atom. The van der Waals surface area contributed by atoms with Crippen LogP contribution in [0.1, 0.15) is 81.9 Å². The Bertz CT molecular complexity index is 479. The summed E-state index contributed by atoms with van der Waals surface area (Å²) < 4.78 is 2.51. The molecule has 1 aromatic rings. The first-order chi connectivity index (χ1) is 10.3. The summed E-state index contributed by atoms with van der Waals surface area (Å²) >= 11 is 0. The number of guanidine groups is 1. The largest absolute Gasteiger partial charge is 0.370 e. The Hall–Kier alpha value is -1.45. The Balaban J connectivity index is 1.90. The molecule has 2 aliphatic rings. The number of aromatic nitrogens is 1. The normalized spacial score (nSPS) is 21.3. The van der Waals surface area contributed by atoms with E-state index in [9.17, 15) is 0 Å². The summed E-state index contributed by atoms with van der Waals surface area (Å²) in [4.78, 5) is 0. The number of nitrogens with two attached hydrogens (primary N) is 1. The van der Waals surface area contributed by atoms with Gasteiger partial charge in [0.1, 0.15) is 0 Å². The van der Waals surface area contributed by atoms with Crippen LogP contribution in [0, 0.1) is 5.41 Å². The molecule has 116 valence electrons. The molecule has 2 aliphatic carbocycles. The van der Waals surface area contributed by atoms with Gasteiger partial charge in [-0.25, -0.2) is 0 Å². The van der Waals surface area contributed by atoms with Gasteiger partial charge in [-0.05, 0) is 31.7 Å². The van der Waals surface area contributed by atoms with Gasteiger partial charge in [-0.2, -0.15) is 0 Å². The highest BCUT2D eigenvalue weighted by atomic mass is 15.1. The lowest BCUT2D eigenvalue weighted by molar-refractivity contribution is 0.332. The summed E-state index contributed by atoms with van der Waals surface area (Å²) in [5.41, 5.74) is 8.06. The van der Waals surface area contributed by atoms with Crippen molar-refractivity contribution in [2.75, 3.05) is 5.32 Å². The highest BCUT2D eigenvalue weighted by molar-refractivity contribution is 5.90. The van der Waals surface area contributed by atoms with Crippen molar-refractivity contribution in [3.8, 4) is 0 Å². The lowest BCUT2D eigenvalue weighted by Gasteiger charge is -2.30. The first-order valence-corrected chi connectivity index (χ1v) is 8.57. The minimum atomic E-state index is 0.0495. The molecule has 3 rings (SSSR count). The molecule has 0 aliphatic heterocycles. The van der Waals surface area contributed by atoms with E-state index in [1.54, 1.807) is 0 Å². The predicted molar refractivity (Wildman–Crippen MR) is 87.9 cm³/mol. The molecular weight excluding hydrogens is 260 g/mol. The standard InChI is InChI=1S/C17H28N4/c18-17(19)20-15-11-12-21(14-9-5-2-6-10-14)16(15)13-7-3-1-4-8-13/h11-14H,1-10H2,(H4,18,19,20). The van der Waals surface area contributed by atoms with Gasteiger partial charge in [-0.15, -0.1) is 0 Å². The molecule has 4 heteroatoms. The van der Waals surface area contributed by atoms with Crippen LogP contribution >= 0.6 is 0 Å². The first-order valence-electron chi connectivity index (χ1n) is 8.57. The summed E-state index contributed by atoms with van der Waals surface area (Å²) in [6, 6.07) is 2.78. The molecule has 4 N–H and O–H groups in total. The van der Waals surface area contributed by atoms with E-state index < -0.39 is 0 Å². The number of hydrogen-bond acceptors (Lipinski definition) is 1. The van der Waals surface area contributed by atoms with Crippen LogP contribution in [0.15, 0.2) is 12.3 Å². The molecule has 1 heterocycles. The third-order valence-corrected chi connectivity index (χ3v) is 5.19.